The molecule has 1 aliphatic rings. The van der Waals surface area contributed by atoms with Gasteiger partial charge in [-0.25, -0.2) is 0 Å². The summed E-state index contributed by atoms with van der Waals surface area (Å²) in [6.45, 7) is 13.3. The van der Waals surface area contributed by atoms with Crippen molar-refractivity contribution in [3.8, 4) is 0 Å². The molecule has 2 nitrogen and oxygen atoms in total. The van der Waals surface area contributed by atoms with Gasteiger partial charge in [-0.3, -0.25) is 0 Å². The van der Waals surface area contributed by atoms with Gasteiger partial charge in [-0.15, -0.1) is 0 Å². The van der Waals surface area contributed by atoms with Crippen LogP contribution in [0.15, 0.2) is 0 Å². The van der Waals surface area contributed by atoms with Crippen LogP contribution in [-0.2, 0) is 0 Å². The zero-order chi connectivity index (χ0) is 11.8. The van der Waals surface area contributed by atoms with Crippen LogP contribution in [0, 0.1) is 11.8 Å². The molecule has 0 saturated carbocycles. The third-order valence-corrected chi connectivity index (χ3v) is 3.76. The number of nitrogens with one attached hydrogen (secondary N) is 1. The summed E-state index contributed by atoms with van der Waals surface area (Å²) < 4.78 is 0. The van der Waals surface area contributed by atoms with Crippen LogP contribution >= 0.6 is 0 Å². The smallest absolute Gasteiger partial charge is 0.00126 e. The molecule has 96 valence electrons. The lowest BCUT2D eigenvalue weighted by Gasteiger charge is -2.17. The van der Waals surface area contributed by atoms with Gasteiger partial charge in [0.15, 0.2) is 0 Å². The van der Waals surface area contributed by atoms with Crippen molar-refractivity contribution in [2.75, 3.05) is 32.7 Å². The first kappa shape index (κ1) is 14.0. The maximum absolute atomic E-state index is 3.47. The fraction of sp³-hybridized carbons (Fsp3) is 1.00. The Balaban J connectivity index is 1.94. The summed E-state index contributed by atoms with van der Waals surface area (Å²) in [6, 6.07) is 0. The summed E-state index contributed by atoms with van der Waals surface area (Å²) in [5.74, 6) is 1.83. The lowest BCUT2D eigenvalue weighted by molar-refractivity contribution is 0.297. The fourth-order valence-electron chi connectivity index (χ4n) is 2.50. The molecule has 0 spiro atoms. The molecule has 0 aromatic heterocycles. The Morgan fingerprint density at radius 2 is 2.06 bits per heavy atom. The van der Waals surface area contributed by atoms with E-state index in [9.17, 15) is 0 Å². The second-order valence-electron chi connectivity index (χ2n) is 5.55. The lowest BCUT2D eigenvalue weighted by atomic mass is 9.95. The van der Waals surface area contributed by atoms with E-state index in [4.69, 9.17) is 0 Å². The van der Waals surface area contributed by atoms with Gasteiger partial charge in [0.25, 0.3) is 0 Å². The molecule has 1 aliphatic heterocycles. The van der Waals surface area contributed by atoms with E-state index in [1.54, 1.807) is 0 Å². The van der Waals surface area contributed by atoms with Gasteiger partial charge in [0, 0.05) is 6.54 Å². The predicted molar refractivity (Wildman–Crippen MR) is 71.8 cm³/mol. The Hall–Kier alpha value is -0.0800. The van der Waals surface area contributed by atoms with Crippen LogP contribution in [0.2, 0.25) is 0 Å². The molecule has 1 heterocycles. The summed E-state index contributed by atoms with van der Waals surface area (Å²) in [7, 11) is 0. The molecule has 0 amide bonds. The van der Waals surface area contributed by atoms with Crippen molar-refractivity contribution in [2.45, 2.75) is 46.5 Å². The van der Waals surface area contributed by atoms with Crippen molar-refractivity contribution in [1.82, 2.24) is 10.2 Å². The van der Waals surface area contributed by atoms with E-state index in [1.807, 2.05) is 0 Å². The molecule has 1 fully saturated rings. The molecule has 1 saturated heterocycles. The Kier molecular flexibility index (Phi) is 7.06. The normalized spacial score (nSPS) is 22.1. The highest BCUT2D eigenvalue weighted by Gasteiger charge is 2.23. The van der Waals surface area contributed by atoms with Crippen LogP contribution in [-0.4, -0.2) is 37.6 Å². The van der Waals surface area contributed by atoms with Gasteiger partial charge in [-0.2, -0.15) is 0 Å². The van der Waals surface area contributed by atoms with Crippen molar-refractivity contribution >= 4 is 0 Å². The molecule has 1 N–H and O–H groups in total. The van der Waals surface area contributed by atoms with Gasteiger partial charge in [-0.1, -0.05) is 20.8 Å². The summed E-state index contributed by atoms with van der Waals surface area (Å²) in [5, 5.41) is 3.47. The monoisotopic (exact) mass is 226 g/mol. The quantitative estimate of drug-likeness (QED) is 0.640. The van der Waals surface area contributed by atoms with E-state index < -0.39 is 0 Å². The minimum atomic E-state index is 0.872. The highest BCUT2D eigenvalue weighted by molar-refractivity contribution is 4.77. The van der Waals surface area contributed by atoms with Gasteiger partial charge < -0.3 is 10.2 Å². The average Bonchev–Trinajstić information content (AvgIpc) is 2.72. The zero-order valence-corrected chi connectivity index (χ0v) is 11.5. The van der Waals surface area contributed by atoms with Crippen molar-refractivity contribution in [1.29, 1.82) is 0 Å². The number of hydrogen-bond acceptors (Lipinski definition) is 2. The first-order valence-corrected chi connectivity index (χ1v) is 7.17. The van der Waals surface area contributed by atoms with Crippen molar-refractivity contribution in [3.05, 3.63) is 0 Å². The van der Waals surface area contributed by atoms with E-state index >= 15 is 0 Å². The molecule has 0 bridgehead atoms. The number of likely N-dealkylation sites (tertiary alicyclic amines) is 1. The molecule has 0 radical (unpaired) electrons. The van der Waals surface area contributed by atoms with Gasteiger partial charge in [0.1, 0.15) is 0 Å². The summed E-state index contributed by atoms with van der Waals surface area (Å²) >= 11 is 0. The number of nitrogens with zero attached hydrogens (tertiary/aromatic N) is 1. The average molecular weight is 226 g/mol. The first-order valence-electron chi connectivity index (χ1n) is 7.17. The fourth-order valence-corrected chi connectivity index (χ4v) is 2.50. The van der Waals surface area contributed by atoms with E-state index in [1.165, 1.54) is 58.4 Å². The van der Waals surface area contributed by atoms with Crippen molar-refractivity contribution in [3.63, 3.8) is 0 Å². The second-order valence-corrected chi connectivity index (χ2v) is 5.55. The number of hydrogen-bond donors (Lipinski definition) is 1. The highest BCUT2D eigenvalue weighted by Crippen LogP contribution is 2.23. The third kappa shape index (κ3) is 5.31. The Bertz CT molecular complexity index is 168. The molecule has 0 aromatic rings. The Labute approximate surface area is 102 Å². The molecule has 1 rings (SSSR count). The van der Waals surface area contributed by atoms with Crippen molar-refractivity contribution < 1.29 is 0 Å². The standard InChI is InChI=1S/C14H30N2/c1-4-8-15-9-5-6-10-16-11-7-14(12-16)13(2)3/h13-15H,4-12H2,1-3H3. The summed E-state index contributed by atoms with van der Waals surface area (Å²) in [6.07, 6.45) is 5.37. The highest BCUT2D eigenvalue weighted by atomic mass is 15.1. The minimum Gasteiger partial charge on any atom is -0.317 e. The molecule has 1 unspecified atom stereocenters. The number of unbranched alkanes of at least 4 members (excludes halogenated alkanes) is 1. The Morgan fingerprint density at radius 1 is 1.25 bits per heavy atom. The predicted octanol–water partition coefficient (Wildman–Crippen LogP) is 2.74. The maximum atomic E-state index is 3.47. The molecule has 16 heavy (non-hydrogen) atoms. The van der Waals surface area contributed by atoms with Crippen LogP contribution in [0.5, 0.6) is 0 Å². The topological polar surface area (TPSA) is 15.3 Å². The van der Waals surface area contributed by atoms with Crippen LogP contribution in [0.25, 0.3) is 0 Å². The zero-order valence-electron chi connectivity index (χ0n) is 11.5. The molecule has 0 aliphatic carbocycles. The number of rotatable bonds is 8. The first-order chi connectivity index (χ1) is 7.74. The van der Waals surface area contributed by atoms with E-state index in [0.717, 1.165) is 11.8 Å². The van der Waals surface area contributed by atoms with E-state index in [-0.39, 0.29) is 0 Å². The maximum Gasteiger partial charge on any atom is 0.00126 e. The van der Waals surface area contributed by atoms with E-state index in [2.05, 4.69) is 31.0 Å². The van der Waals surface area contributed by atoms with Gasteiger partial charge in [0.05, 0.1) is 0 Å². The van der Waals surface area contributed by atoms with Crippen molar-refractivity contribution in [2.24, 2.45) is 11.8 Å². The largest absolute Gasteiger partial charge is 0.317 e. The van der Waals surface area contributed by atoms with Gasteiger partial charge in [-0.05, 0) is 63.7 Å². The van der Waals surface area contributed by atoms with Crippen LogP contribution < -0.4 is 5.32 Å². The molecular formula is C14H30N2. The minimum absolute atomic E-state index is 0.872. The molecule has 2 heteroatoms. The van der Waals surface area contributed by atoms with Gasteiger partial charge >= 0.3 is 0 Å². The SMILES string of the molecule is CCCNCCCCN1CCC(C(C)C)C1. The van der Waals surface area contributed by atoms with E-state index in [0.29, 0.717) is 0 Å². The second kappa shape index (κ2) is 8.08. The Morgan fingerprint density at radius 3 is 2.69 bits per heavy atom. The van der Waals surface area contributed by atoms with Gasteiger partial charge in [0.2, 0.25) is 0 Å². The van der Waals surface area contributed by atoms with Crippen LogP contribution in [0.3, 0.4) is 0 Å². The summed E-state index contributed by atoms with van der Waals surface area (Å²) in [4.78, 5) is 2.66. The van der Waals surface area contributed by atoms with Crippen LogP contribution in [0.1, 0.15) is 46.5 Å². The molecular weight excluding hydrogens is 196 g/mol. The third-order valence-electron chi connectivity index (χ3n) is 3.76. The lowest BCUT2D eigenvalue weighted by Crippen LogP contribution is -2.24. The molecule has 1 atom stereocenters. The molecule has 0 aromatic carbocycles. The summed E-state index contributed by atoms with van der Waals surface area (Å²) in [5.41, 5.74) is 0. The van der Waals surface area contributed by atoms with Crippen LogP contribution in [0.4, 0.5) is 0 Å².